The molecule has 31 heavy (non-hydrogen) atoms. The standard InChI is InChI=1S/C22H27N3O6/c1-4-18(26)25-10-14-9-24(11-16(25)13-30-12-14)21-19(22(27)29-3)20(31-23-21)15-5-7-17(28-2)8-6-15/h5-8,14,16H,4,9-13H2,1-3H3/t14-,16-/m0/s1. The van der Waals surface area contributed by atoms with Crippen LogP contribution in [0.2, 0.25) is 0 Å². The number of nitrogens with zero attached hydrogens (tertiary/aromatic N) is 3. The van der Waals surface area contributed by atoms with E-state index in [0.717, 1.165) is 0 Å². The van der Waals surface area contributed by atoms with Crippen molar-refractivity contribution in [2.75, 3.05) is 52.0 Å². The predicted octanol–water partition coefficient (Wildman–Crippen LogP) is 2.21. The summed E-state index contributed by atoms with van der Waals surface area (Å²) < 4.78 is 21.7. The number of hydrogen-bond acceptors (Lipinski definition) is 8. The summed E-state index contributed by atoms with van der Waals surface area (Å²) in [5.74, 6) is 1.17. The third kappa shape index (κ3) is 4.10. The first-order valence-electron chi connectivity index (χ1n) is 10.4. The normalized spacial score (nSPS) is 20.9. The quantitative estimate of drug-likeness (QED) is 0.668. The number of amides is 1. The number of benzene rings is 1. The minimum atomic E-state index is -0.519. The Labute approximate surface area is 180 Å². The van der Waals surface area contributed by atoms with Crippen molar-refractivity contribution in [2.24, 2.45) is 5.92 Å². The molecule has 0 aliphatic carbocycles. The molecule has 166 valence electrons. The van der Waals surface area contributed by atoms with Crippen molar-refractivity contribution in [3.8, 4) is 17.1 Å². The monoisotopic (exact) mass is 429 g/mol. The van der Waals surface area contributed by atoms with E-state index >= 15 is 0 Å². The van der Waals surface area contributed by atoms with Gasteiger partial charge >= 0.3 is 5.97 Å². The highest BCUT2D eigenvalue weighted by Crippen LogP contribution is 2.35. The van der Waals surface area contributed by atoms with E-state index in [1.54, 1.807) is 19.2 Å². The number of esters is 1. The third-order valence-electron chi connectivity index (χ3n) is 5.81. The van der Waals surface area contributed by atoms with Crippen LogP contribution in [0, 0.1) is 5.92 Å². The van der Waals surface area contributed by atoms with Crippen molar-refractivity contribution >= 4 is 17.7 Å². The van der Waals surface area contributed by atoms with Crippen LogP contribution in [0.25, 0.3) is 11.3 Å². The molecule has 4 rings (SSSR count). The third-order valence-corrected chi connectivity index (χ3v) is 5.81. The highest BCUT2D eigenvalue weighted by Gasteiger charge is 2.38. The van der Waals surface area contributed by atoms with E-state index in [1.807, 2.05) is 28.9 Å². The minimum Gasteiger partial charge on any atom is -0.497 e. The summed E-state index contributed by atoms with van der Waals surface area (Å²) in [4.78, 5) is 29.2. The Morgan fingerprint density at radius 3 is 2.58 bits per heavy atom. The van der Waals surface area contributed by atoms with E-state index in [9.17, 15) is 9.59 Å². The van der Waals surface area contributed by atoms with Crippen LogP contribution >= 0.6 is 0 Å². The van der Waals surface area contributed by atoms with Crippen molar-refractivity contribution in [1.29, 1.82) is 0 Å². The number of aromatic nitrogens is 1. The molecule has 2 fully saturated rings. The minimum absolute atomic E-state index is 0.106. The number of carbonyl (C=O) groups is 2. The Balaban J connectivity index is 1.71. The average Bonchev–Trinajstić information content (AvgIpc) is 3.02. The molecule has 0 N–H and O–H groups in total. The lowest BCUT2D eigenvalue weighted by molar-refractivity contribution is -0.133. The van der Waals surface area contributed by atoms with Crippen LogP contribution < -0.4 is 9.64 Å². The summed E-state index contributed by atoms with van der Waals surface area (Å²) in [6.07, 6.45) is 0.447. The van der Waals surface area contributed by atoms with E-state index in [-0.39, 0.29) is 23.4 Å². The summed E-state index contributed by atoms with van der Waals surface area (Å²) in [5, 5.41) is 4.26. The zero-order valence-corrected chi connectivity index (χ0v) is 18.0. The molecule has 2 aromatic rings. The molecule has 2 aliphatic rings. The van der Waals surface area contributed by atoms with Gasteiger partial charge in [-0.2, -0.15) is 0 Å². The van der Waals surface area contributed by atoms with Gasteiger partial charge in [-0.1, -0.05) is 12.1 Å². The summed E-state index contributed by atoms with van der Waals surface area (Å²) in [5.41, 5.74) is 0.975. The second kappa shape index (κ2) is 8.97. The molecule has 2 atom stereocenters. The van der Waals surface area contributed by atoms with Gasteiger partial charge in [0.05, 0.1) is 33.5 Å². The van der Waals surface area contributed by atoms with Gasteiger partial charge < -0.3 is 28.5 Å². The second-order valence-corrected chi connectivity index (χ2v) is 7.79. The summed E-state index contributed by atoms with van der Waals surface area (Å²) in [6.45, 7) is 4.60. The number of rotatable bonds is 5. The van der Waals surface area contributed by atoms with Crippen LogP contribution in [0.3, 0.4) is 0 Å². The van der Waals surface area contributed by atoms with Gasteiger partial charge in [-0.25, -0.2) is 4.79 Å². The number of ether oxygens (including phenoxy) is 3. The molecule has 3 heterocycles. The molecule has 2 bridgehead atoms. The summed E-state index contributed by atoms with van der Waals surface area (Å²) >= 11 is 0. The van der Waals surface area contributed by atoms with Gasteiger partial charge in [-0.05, 0) is 24.3 Å². The van der Waals surface area contributed by atoms with Gasteiger partial charge in [0.25, 0.3) is 0 Å². The highest BCUT2D eigenvalue weighted by molar-refractivity contribution is 6.00. The molecule has 0 radical (unpaired) electrons. The first-order valence-corrected chi connectivity index (χ1v) is 10.4. The first kappa shape index (κ1) is 21.2. The smallest absolute Gasteiger partial charge is 0.345 e. The van der Waals surface area contributed by atoms with Crippen LogP contribution in [0.5, 0.6) is 5.75 Å². The van der Waals surface area contributed by atoms with Gasteiger partial charge in [0.15, 0.2) is 17.1 Å². The summed E-state index contributed by atoms with van der Waals surface area (Å²) in [7, 11) is 2.93. The Morgan fingerprint density at radius 2 is 1.90 bits per heavy atom. The van der Waals surface area contributed by atoms with Crippen LogP contribution in [0.15, 0.2) is 28.8 Å². The van der Waals surface area contributed by atoms with Crippen molar-refractivity contribution in [3.63, 3.8) is 0 Å². The fraction of sp³-hybridized carbons (Fsp3) is 0.500. The first-order chi connectivity index (χ1) is 15.0. The maximum atomic E-state index is 12.7. The Morgan fingerprint density at radius 1 is 1.13 bits per heavy atom. The fourth-order valence-corrected chi connectivity index (χ4v) is 4.25. The maximum absolute atomic E-state index is 12.7. The highest BCUT2D eigenvalue weighted by atomic mass is 16.5. The molecule has 0 unspecified atom stereocenters. The maximum Gasteiger partial charge on any atom is 0.345 e. The molecule has 0 spiro atoms. The number of hydrogen-bond donors (Lipinski definition) is 0. The van der Waals surface area contributed by atoms with Crippen LogP contribution in [-0.4, -0.2) is 75.0 Å². The van der Waals surface area contributed by atoms with E-state index < -0.39 is 5.97 Å². The van der Waals surface area contributed by atoms with E-state index in [4.69, 9.17) is 18.7 Å². The number of carbonyl (C=O) groups excluding carboxylic acids is 2. The van der Waals surface area contributed by atoms with Gasteiger partial charge in [-0.15, -0.1) is 0 Å². The number of methoxy groups -OCH3 is 2. The molecule has 2 saturated heterocycles. The number of anilines is 1. The van der Waals surface area contributed by atoms with Crippen molar-refractivity contribution < 1.29 is 28.3 Å². The lowest BCUT2D eigenvalue weighted by atomic mass is 10.1. The fourth-order valence-electron chi connectivity index (χ4n) is 4.25. The Hall–Kier alpha value is -3.07. The molecule has 1 aromatic heterocycles. The SMILES string of the molecule is CCC(=O)N1C[C@H]2COC[C@@H]1CN(c1noc(-c3ccc(OC)cc3)c1C(=O)OC)C2. The lowest BCUT2D eigenvalue weighted by Gasteiger charge is -2.31. The lowest BCUT2D eigenvalue weighted by Crippen LogP contribution is -2.46. The topological polar surface area (TPSA) is 94.3 Å². The van der Waals surface area contributed by atoms with Crippen molar-refractivity contribution in [3.05, 3.63) is 29.8 Å². The van der Waals surface area contributed by atoms with Gasteiger partial charge in [0, 0.05) is 37.5 Å². The van der Waals surface area contributed by atoms with Gasteiger partial charge in [0.2, 0.25) is 5.91 Å². The van der Waals surface area contributed by atoms with Gasteiger partial charge in [-0.3, -0.25) is 4.79 Å². The largest absolute Gasteiger partial charge is 0.497 e. The zero-order valence-electron chi connectivity index (χ0n) is 18.0. The zero-order chi connectivity index (χ0) is 22.0. The summed E-state index contributed by atoms with van der Waals surface area (Å²) in [6, 6.07) is 7.08. The molecule has 9 nitrogen and oxygen atoms in total. The van der Waals surface area contributed by atoms with Crippen molar-refractivity contribution in [1.82, 2.24) is 10.1 Å². The van der Waals surface area contributed by atoms with E-state index in [0.29, 0.717) is 62.2 Å². The van der Waals surface area contributed by atoms with Crippen LogP contribution in [-0.2, 0) is 14.3 Å². The van der Waals surface area contributed by atoms with Crippen LogP contribution in [0.1, 0.15) is 23.7 Å². The Bertz CT molecular complexity index is 941. The Kier molecular flexibility index (Phi) is 6.13. The van der Waals surface area contributed by atoms with E-state index in [1.165, 1.54) is 7.11 Å². The molecule has 1 amide bonds. The van der Waals surface area contributed by atoms with Crippen molar-refractivity contribution in [2.45, 2.75) is 19.4 Å². The molecule has 2 aliphatic heterocycles. The molecule has 1 aromatic carbocycles. The average molecular weight is 429 g/mol. The van der Waals surface area contributed by atoms with E-state index in [2.05, 4.69) is 5.16 Å². The molecular weight excluding hydrogens is 402 g/mol. The molecular formula is C22H27N3O6. The molecule has 9 heteroatoms. The van der Waals surface area contributed by atoms with Gasteiger partial charge in [0.1, 0.15) is 5.75 Å². The molecule has 0 saturated carbocycles. The van der Waals surface area contributed by atoms with Crippen LogP contribution in [0.4, 0.5) is 5.82 Å². The number of fused-ring (bicyclic) bond motifs is 3. The second-order valence-electron chi connectivity index (χ2n) is 7.79. The predicted molar refractivity (Wildman–Crippen MR) is 112 cm³/mol.